The van der Waals surface area contributed by atoms with E-state index >= 15 is 0 Å². The maximum Gasteiger partial charge on any atom is 0.244 e. The van der Waals surface area contributed by atoms with Crippen LogP contribution in [0, 0.1) is 0 Å². The molecule has 422 valence electrons. The van der Waals surface area contributed by atoms with Gasteiger partial charge in [-0.1, -0.05) is 89.9 Å². The van der Waals surface area contributed by atoms with Crippen LogP contribution < -0.4 is 59.7 Å². The van der Waals surface area contributed by atoms with Crippen LogP contribution in [0.1, 0.15) is 89.5 Å². The van der Waals surface area contributed by atoms with Gasteiger partial charge >= 0.3 is 0 Å². The number of guanidine groups is 1. The van der Waals surface area contributed by atoms with Crippen molar-refractivity contribution in [1.29, 1.82) is 0 Å². The summed E-state index contributed by atoms with van der Waals surface area (Å²) in [6.07, 6.45) is 6.01. The second-order valence-electron chi connectivity index (χ2n) is 19.5. The molecule has 0 spiro atoms. The third kappa shape index (κ3) is 19.4. The predicted octanol–water partition coefficient (Wildman–Crippen LogP) is 0.131. The molecule has 5 rings (SSSR count). The number of primary amides is 1. The molecule has 2 aromatic carbocycles. The van der Waals surface area contributed by atoms with Crippen LogP contribution in [0.25, 0.3) is 10.9 Å². The number of nitrogens with zero attached hydrogens (tertiary/aromatic N) is 2. The van der Waals surface area contributed by atoms with Crippen molar-refractivity contribution in [3.05, 3.63) is 90.1 Å². The van der Waals surface area contributed by atoms with E-state index in [1.54, 1.807) is 50.4 Å². The van der Waals surface area contributed by atoms with Crippen LogP contribution in [0.15, 0.2) is 78.3 Å². The molecule has 26 heteroatoms. The Labute approximate surface area is 460 Å². The van der Waals surface area contributed by atoms with Gasteiger partial charge in [0.1, 0.15) is 42.3 Å². The number of amides is 9. The first-order valence-corrected chi connectivity index (χ1v) is 28.1. The van der Waals surface area contributed by atoms with E-state index in [2.05, 4.69) is 62.5 Å². The van der Waals surface area contributed by atoms with Gasteiger partial charge in [0.2, 0.25) is 53.2 Å². The number of carbonyl (C=O) groups excluding carboxylic acids is 9. The molecule has 7 atom stereocenters. The summed E-state index contributed by atoms with van der Waals surface area (Å²) in [4.78, 5) is 140. The average molecular weight is 1120 g/mol. The monoisotopic (exact) mass is 1120 g/mol. The number of fused-ring (bicyclic) bond motifs is 1. The average Bonchev–Trinajstić information content (AvgIpc) is 4.08. The highest BCUT2D eigenvalue weighted by Crippen LogP contribution is 2.39. The summed E-state index contributed by atoms with van der Waals surface area (Å²) in [6.45, 7) is 6.58. The Bertz CT molecular complexity index is 2720. The molecule has 0 unspecified atom stereocenters. The van der Waals surface area contributed by atoms with Crippen LogP contribution in [0.4, 0.5) is 0 Å². The molecule has 9 amide bonds. The lowest BCUT2D eigenvalue weighted by Crippen LogP contribution is -2.63. The van der Waals surface area contributed by atoms with Gasteiger partial charge < -0.3 is 69.7 Å². The Morgan fingerprint density at radius 3 is 2.12 bits per heavy atom. The van der Waals surface area contributed by atoms with Gasteiger partial charge in [0.05, 0.1) is 6.33 Å². The highest BCUT2D eigenvalue weighted by Gasteiger charge is 2.41. The van der Waals surface area contributed by atoms with Gasteiger partial charge in [0.25, 0.3) is 0 Å². The van der Waals surface area contributed by atoms with Crippen molar-refractivity contribution in [3.63, 3.8) is 0 Å². The van der Waals surface area contributed by atoms with Gasteiger partial charge in [-0.15, -0.1) is 0 Å². The largest absolute Gasteiger partial charge is 0.370 e. The number of imidazole rings is 1. The molecule has 1 aliphatic rings. The number of nitrogens with two attached hydrogens (primary N) is 3. The number of hydrogen-bond acceptors (Lipinski definition) is 13. The number of H-pyrrole nitrogens is 2. The molecule has 1 fully saturated rings. The molecule has 1 aliphatic heterocycles. The quantitative estimate of drug-likeness (QED) is 0.0290. The van der Waals surface area contributed by atoms with E-state index in [4.69, 9.17) is 17.2 Å². The Morgan fingerprint density at radius 2 is 1.45 bits per heavy atom. The normalized spacial score (nSPS) is 21.8. The smallest absolute Gasteiger partial charge is 0.244 e. The summed E-state index contributed by atoms with van der Waals surface area (Å²) in [6, 6.07) is 7.25. The molecular weight excluding hydrogens is 1040 g/mol. The van der Waals surface area contributed by atoms with Crippen molar-refractivity contribution in [2.45, 2.75) is 139 Å². The minimum absolute atomic E-state index is 0.0101. The van der Waals surface area contributed by atoms with E-state index in [1.807, 2.05) is 31.2 Å². The van der Waals surface area contributed by atoms with Crippen LogP contribution in [0.3, 0.4) is 0 Å². The minimum Gasteiger partial charge on any atom is -0.370 e. The lowest BCUT2D eigenvalue weighted by Gasteiger charge is -2.35. The van der Waals surface area contributed by atoms with Crippen LogP contribution in [0.5, 0.6) is 0 Å². The molecule has 1 saturated heterocycles. The van der Waals surface area contributed by atoms with Gasteiger partial charge in [0.15, 0.2) is 5.96 Å². The SMILES string of the molecule is CCCC[C@H](NC(C)=O)C(=O)N[C@@H]1C(=O)N[C@@H](Cc2cnc[nH]2)C(=O)N[C@H](Cc2ccccc2)C(=O)N[C@@H](CCCN=C(N)N)C(=O)N[C@@H](Cc2c[nH]c3ccccc23)C(=O)NCCCC(=O)N[C@H](C(N)=O)CSSC1(C)C. The third-order valence-corrected chi connectivity index (χ3v) is 16.0. The first kappa shape index (κ1) is 61.2. The highest BCUT2D eigenvalue weighted by atomic mass is 33.1. The van der Waals surface area contributed by atoms with E-state index < -0.39 is 100 Å². The summed E-state index contributed by atoms with van der Waals surface area (Å²) >= 11 is 0. The maximum atomic E-state index is 14.9. The fourth-order valence-corrected chi connectivity index (χ4v) is 11.4. The number of carbonyl (C=O) groups is 9. The van der Waals surface area contributed by atoms with Crippen LogP contribution in [-0.2, 0) is 62.4 Å². The lowest BCUT2D eigenvalue weighted by molar-refractivity contribution is -0.135. The van der Waals surface area contributed by atoms with Crippen LogP contribution >= 0.6 is 21.6 Å². The third-order valence-electron chi connectivity index (χ3n) is 12.7. The zero-order valence-corrected chi connectivity index (χ0v) is 45.9. The van der Waals surface area contributed by atoms with Crippen molar-refractivity contribution < 1.29 is 43.2 Å². The van der Waals surface area contributed by atoms with Crippen molar-refractivity contribution in [2.24, 2.45) is 22.2 Å². The molecule has 0 aliphatic carbocycles. The molecule has 0 bridgehead atoms. The van der Waals surface area contributed by atoms with E-state index in [-0.39, 0.29) is 76.2 Å². The first-order chi connectivity index (χ1) is 37.2. The van der Waals surface area contributed by atoms with Crippen LogP contribution in [-0.4, -0.2) is 140 Å². The molecule has 4 aromatic rings. The summed E-state index contributed by atoms with van der Waals surface area (Å²) < 4.78 is -1.25. The van der Waals surface area contributed by atoms with E-state index in [0.717, 1.165) is 32.5 Å². The van der Waals surface area contributed by atoms with Crippen molar-refractivity contribution in [2.75, 3.05) is 18.8 Å². The molecule has 0 radical (unpaired) electrons. The van der Waals surface area contributed by atoms with Gasteiger partial charge in [-0.05, 0) is 56.7 Å². The number of unbranched alkanes of at least 4 members (excludes halogenated alkanes) is 1. The fraction of sp³-hybridized carbons (Fsp3) is 0.481. The Morgan fingerprint density at radius 1 is 0.795 bits per heavy atom. The minimum atomic E-state index is -1.44. The topological polar surface area (TPSA) is 385 Å². The van der Waals surface area contributed by atoms with Gasteiger partial charge in [-0.25, -0.2) is 4.98 Å². The van der Waals surface area contributed by atoms with Crippen molar-refractivity contribution in [1.82, 2.24) is 57.5 Å². The number of para-hydroxylation sites is 1. The highest BCUT2D eigenvalue weighted by molar-refractivity contribution is 8.77. The number of aliphatic imine (C=N–C) groups is 1. The molecular formula is C52H73N15O9S2. The van der Waals surface area contributed by atoms with Crippen molar-refractivity contribution in [3.8, 4) is 0 Å². The molecule has 16 N–H and O–H groups in total. The summed E-state index contributed by atoms with van der Waals surface area (Å²) in [7, 11) is 2.20. The molecule has 24 nitrogen and oxygen atoms in total. The van der Waals surface area contributed by atoms with Crippen LogP contribution in [0.2, 0.25) is 0 Å². The predicted molar refractivity (Wildman–Crippen MR) is 299 cm³/mol. The van der Waals surface area contributed by atoms with Gasteiger partial charge in [-0.2, -0.15) is 0 Å². The number of rotatable bonds is 17. The number of nitrogens with one attached hydrogen (secondary N) is 10. The zero-order valence-electron chi connectivity index (χ0n) is 44.3. The molecule has 78 heavy (non-hydrogen) atoms. The van der Waals surface area contributed by atoms with Crippen molar-refractivity contribution >= 4 is 91.6 Å². The number of benzene rings is 2. The number of hydrogen-bond donors (Lipinski definition) is 13. The molecule has 2 aromatic heterocycles. The summed E-state index contributed by atoms with van der Waals surface area (Å²) in [5, 5.41) is 23.0. The Kier molecular flexibility index (Phi) is 23.8. The Hall–Kier alpha value is -7.61. The van der Waals surface area contributed by atoms with E-state index in [9.17, 15) is 43.2 Å². The van der Waals surface area contributed by atoms with E-state index in [1.165, 1.54) is 19.4 Å². The fourth-order valence-electron chi connectivity index (χ4n) is 8.53. The van der Waals surface area contributed by atoms with E-state index in [0.29, 0.717) is 29.7 Å². The number of aromatic nitrogens is 3. The summed E-state index contributed by atoms with van der Waals surface area (Å²) in [5.74, 6) is -6.55. The molecule has 0 saturated carbocycles. The lowest BCUT2D eigenvalue weighted by atomic mass is 9.99. The second kappa shape index (κ2) is 30.4. The molecule has 3 heterocycles. The summed E-state index contributed by atoms with van der Waals surface area (Å²) in [5.41, 5.74) is 19.5. The standard InChI is InChI=1S/C52H73N15O9S2/c1-5-6-17-36(61-30(2)68)47(73)67-43-50(76)66-40(25-33-27-56-29-60-33)49(75)64-38(23-31-14-8-7-9-15-31)48(74)63-37(19-12-22-58-51(54)55)46(72)65-39(24-32-26-59-35-18-11-10-16-34(32)35)45(71)57-21-13-20-42(69)62-41(44(53)70)28-77-78-52(43,3)4/h7-11,14-16,18,26-27,29,36-41,43,59H,5-6,12-13,17,19-25,28H2,1-4H3,(H2,53,70)(H,56,60)(H,57,71)(H,61,68)(H,62,69)(H,63,74)(H,64,75)(H,65,72)(H,66,76)(H,67,73)(H4,54,55,58)/t36-,37-,38+,39-,40-,41-,43+/m0/s1. The second-order valence-corrected chi connectivity index (χ2v) is 22.4. The zero-order chi connectivity index (χ0) is 56.8. The number of aromatic amines is 2. The first-order valence-electron chi connectivity index (χ1n) is 25.8. The maximum absolute atomic E-state index is 14.9. The van der Waals surface area contributed by atoms with Gasteiger partial charge in [0, 0.05) is 85.2 Å². The van der Waals surface area contributed by atoms with Gasteiger partial charge in [-0.3, -0.25) is 48.1 Å². The Balaban J connectivity index is 1.57.